The molecule has 4 rings (SSSR count). The molecule has 1 saturated heterocycles. The number of aliphatic hydroxyl groups is 4. The van der Waals surface area contributed by atoms with E-state index in [1.54, 1.807) is 12.1 Å². The third-order valence-electron chi connectivity index (χ3n) is 8.71. The van der Waals surface area contributed by atoms with E-state index in [9.17, 15) is 39.6 Å². The Labute approximate surface area is 285 Å². The van der Waals surface area contributed by atoms with Gasteiger partial charge in [-0.2, -0.15) is 0 Å². The lowest BCUT2D eigenvalue weighted by molar-refractivity contribution is -0.153. The van der Waals surface area contributed by atoms with E-state index in [1.807, 2.05) is 42.5 Å². The number of carbonyl (C=O) groups excluding carboxylic acids is 4. The third kappa shape index (κ3) is 9.00. The predicted molar refractivity (Wildman–Crippen MR) is 185 cm³/mol. The summed E-state index contributed by atoms with van der Waals surface area (Å²) in [5.74, 6) is -3.32. The van der Waals surface area contributed by atoms with Crippen molar-refractivity contribution in [3.05, 3.63) is 83.9 Å². The average Bonchev–Trinajstić information content (AvgIpc) is 3.15. The number of amides is 4. The van der Waals surface area contributed by atoms with Crippen LogP contribution in [-0.2, 0) is 19.2 Å². The lowest BCUT2D eigenvalue weighted by Crippen LogP contribution is -2.55. The number of nitrogens with one attached hydrogen (secondary N) is 3. The predicted octanol–water partition coefficient (Wildman–Crippen LogP) is 0.808. The summed E-state index contributed by atoms with van der Waals surface area (Å²) < 4.78 is 0. The minimum atomic E-state index is -1.94. The van der Waals surface area contributed by atoms with Gasteiger partial charge >= 0.3 is 0 Å². The van der Waals surface area contributed by atoms with Crippen molar-refractivity contribution in [1.29, 1.82) is 0 Å². The SMILES string of the molecule is CCCC(c1ccc(NC(=O)[C@H](O)[C@@H](O)C(=O)NC)cc1)c1cc(-c2ccccc2)cc(N2CCN(C(=O)[C@H](O)[C@@H](O)C(=O)NC)CC2)c1. The second-order valence-electron chi connectivity index (χ2n) is 12.0. The number of hydrogen-bond donors (Lipinski definition) is 7. The fraction of sp³-hybridized carbons (Fsp3) is 0.389. The normalized spacial score (nSPS) is 16.1. The Morgan fingerprint density at radius 3 is 1.82 bits per heavy atom. The first-order chi connectivity index (χ1) is 23.5. The van der Waals surface area contributed by atoms with Gasteiger partial charge in [0.15, 0.2) is 24.4 Å². The van der Waals surface area contributed by atoms with E-state index in [4.69, 9.17) is 0 Å². The maximum absolute atomic E-state index is 12.9. The van der Waals surface area contributed by atoms with Gasteiger partial charge in [-0.05, 0) is 52.9 Å². The Bertz CT molecular complexity index is 1590. The smallest absolute Gasteiger partial charge is 0.256 e. The van der Waals surface area contributed by atoms with E-state index in [0.717, 1.165) is 40.8 Å². The van der Waals surface area contributed by atoms with E-state index >= 15 is 0 Å². The van der Waals surface area contributed by atoms with E-state index in [0.29, 0.717) is 31.9 Å². The summed E-state index contributed by atoms with van der Waals surface area (Å²) in [6.45, 7) is 3.64. The summed E-state index contributed by atoms with van der Waals surface area (Å²) in [7, 11) is 2.61. The topological polar surface area (TPSA) is 192 Å². The van der Waals surface area contributed by atoms with Crippen LogP contribution in [0.5, 0.6) is 0 Å². The largest absolute Gasteiger partial charge is 0.380 e. The lowest BCUT2D eigenvalue weighted by atomic mass is 9.85. The van der Waals surface area contributed by atoms with Gasteiger partial charge in [0, 0.05) is 57.6 Å². The molecule has 262 valence electrons. The van der Waals surface area contributed by atoms with Crippen molar-refractivity contribution in [2.45, 2.75) is 50.1 Å². The third-order valence-corrected chi connectivity index (χ3v) is 8.71. The van der Waals surface area contributed by atoms with Crippen LogP contribution in [0.25, 0.3) is 11.1 Å². The zero-order valence-corrected chi connectivity index (χ0v) is 27.9. The number of piperazine rings is 1. The fourth-order valence-electron chi connectivity index (χ4n) is 5.88. The maximum Gasteiger partial charge on any atom is 0.256 e. The van der Waals surface area contributed by atoms with Crippen molar-refractivity contribution >= 4 is 35.0 Å². The van der Waals surface area contributed by atoms with Crippen LogP contribution in [0.3, 0.4) is 0 Å². The highest BCUT2D eigenvalue weighted by Gasteiger charge is 2.34. The van der Waals surface area contributed by atoms with Crippen LogP contribution in [0, 0.1) is 0 Å². The molecular formula is C36H45N5O8. The van der Waals surface area contributed by atoms with Gasteiger partial charge in [0.05, 0.1) is 0 Å². The van der Waals surface area contributed by atoms with Gasteiger partial charge < -0.3 is 46.2 Å². The summed E-state index contributed by atoms with van der Waals surface area (Å²) in [6, 6.07) is 23.6. The van der Waals surface area contributed by atoms with E-state index in [1.165, 1.54) is 19.0 Å². The van der Waals surface area contributed by atoms with Gasteiger partial charge in [-0.1, -0.05) is 61.9 Å². The van der Waals surface area contributed by atoms with Crippen molar-refractivity contribution in [2.24, 2.45) is 0 Å². The Balaban J connectivity index is 1.58. The van der Waals surface area contributed by atoms with Crippen LogP contribution < -0.4 is 20.9 Å². The molecule has 1 heterocycles. The van der Waals surface area contributed by atoms with Crippen molar-refractivity contribution in [3.8, 4) is 11.1 Å². The van der Waals surface area contributed by atoms with Gasteiger partial charge in [-0.25, -0.2) is 0 Å². The van der Waals surface area contributed by atoms with Crippen molar-refractivity contribution < 1.29 is 39.6 Å². The highest BCUT2D eigenvalue weighted by atomic mass is 16.4. The molecule has 7 N–H and O–H groups in total. The molecule has 0 aliphatic carbocycles. The summed E-state index contributed by atoms with van der Waals surface area (Å²) >= 11 is 0. The number of aliphatic hydroxyl groups excluding tert-OH is 4. The number of likely N-dealkylation sites (N-methyl/N-ethyl adjacent to an activating group) is 2. The average molecular weight is 676 g/mol. The van der Waals surface area contributed by atoms with Crippen molar-refractivity contribution in [1.82, 2.24) is 15.5 Å². The molecule has 0 spiro atoms. The molecule has 0 saturated carbocycles. The summed E-state index contributed by atoms with van der Waals surface area (Å²) in [5, 5.41) is 47.3. The number of rotatable bonds is 13. The number of carbonyl (C=O) groups is 4. The van der Waals surface area contributed by atoms with E-state index < -0.39 is 48.0 Å². The number of nitrogens with zero attached hydrogens (tertiary/aromatic N) is 2. The Kier molecular flexibility index (Phi) is 12.9. The number of hydrogen-bond acceptors (Lipinski definition) is 9. The van der Waals surface area contributed by atoms with Crippen LogP contribution in [0.4, 0.5) is 11.4 Å². The molecule has 3 aromatic carbocycles. The maximum atomic E-state index is 12.9. The molecular weight excluding hydrogens is 630 g/mol. The first-order valence-electron chi connectivity index (χ1n) is 16.3. The molecule has 13 heteroatoms. The van der Waals surface area contributed by atoms with Crippen LogP contribution in [-0.4, -0.2) is 114 Å². The van der Waals surface area contributed by atoms with Crippen LogP contribution in [0.15, 0.2) is 72.8 Å². The molecule has 1 unspecified atom stereocenters. The highest BCUT2D eigenvalue weighted by molar-refractivity contribution is 5.98. The second kappa shape index (κ2) is 17.0. The Hall–Kier alpha value is -4.82. The zero-order chi connectivity index (χ0) is 35.7. The first kappa shape index (κ1) is 37.0. The van der Waals surface area contributed by atoms with Gasteiger partial charge in [0.25, 0.3) is 23.6 Å². The standard InChI is InChI=1S/C36H45N5O8/c1-4-8-28(23-11-13-26(14-12-23)39-35(48)30(43)29(42)33(46)37-2)25-19-24(22-9-6-5-7-10-22)20-27(21-25)40-15-17-41(18-16-40)36(49)32(45)31(44)34(47)38-3/h5-7,9-14,19-21,28-32,42-45H,4,8,15-18H2,1-3H3,(H,37,46)(H,38,47)(H,39,48)/t28?,29-,30-,31-,32-/m1/s1. The molecule has 4 amide bonds. The Morgan fingerprint density at radius 1 is 0.673 bits per heavy atom. The lowest BCUT2D eigenvalue weighted by Gasteiger charge is -2.37. The fourth-order valence-corrected chi connectivity index (χ4v) is 5.88. The minimum Gasteiger partial charge on any atom is -0.380 e. The molecule has 13 nitrogen and oxygen atoms in total. The van der Waals surface area contributed by atoms with Gasteiger partial charge in [0.1, 0.15) is 0 Å². The molecule has 0 bridgehead atoms. The van der Waals surface area contributed by atoms with E-state index in [-0.39, 0.29) is 5.92 Å². The molecule has 0 aromatic heterocycles. The Morgan fingerprint density at radius 2 is 1.24 bits per heavy atom. The number of benzene rings is 3. The molecule has 0 radical (unpaired) electrons. The van der Waals surface area contributed by atoms with Crippen molar-refractivity contribution in [2.75, 3.05) is 50.5 Å². The number of anilines is 2. The summed E-state index contributed by atoms with van der Waals surface area (Å²) in [4.78, 5) is 52.3. The summed E-state index contributed by atoms with van der Waals surface area (Å²) in [5.41, 5.74) is 5.48. The molecule has 49 heavy (non-hydrogen) atoms. The van der Waals surface area contributed by atoms with Gasteiger partial charge in [-0.15, -0.1) is 0 Å². The van der Waals surface area contributed by atoms with Crippen molar-refractivity contribution in [3.63, 3.8) is 0 Å². The quantitative estimate of drug-likeness (QED) is 0.137. The van der Waals surface area contributed by atoms with Crippen LogP contribution >= 0.6 is 0 Å². The first-order valence-corrected chi connectivity index (χ1v) is 16.3. The van der Waals surface area contributed by atoms with E-state index in [2.05, 4.69) is 46.0 Å². The monoisotopic (exact) mass is 675 g/mol. The minimum absolute atomic E-state index is 0.0120. The molecule has 1 aliphatic rings. The highest BCUT2D eigenvalue weighted by Crippen LogP contribution is 2.36. The van der Waals surface area contributed by atoms with Crippen LogP contribution in [0.1, 0.15) is 36.8 Å². The van der Waals surface area contributed by atoms with Crippen LogP contribution in [0.2, 0.25) is 0 Å². The molecule has 5 atom stereocenters. The van der Waals surface area contributed by atoms with Gasteiger partial charge in [0.2, 0.25) is 0 Å². The molecule has 3 aromatic rings. The molecule has 1 fully saturated rings. The van der Waals surface area contributed by atoms with Gasteiger partial charge in [-0.3, -0.25) is 19.2 Å². The molecule has 1 aliphatic heterocycles. The summed E-state index contributed by atoms with van der Waals surface area (Å²) in [6.07, 6.45) is -5.83. The zero-order valence-electron chi connectivity index (χ0n) is 27.9. The second-order valence-corrected chi connectivity index (χ2v) is 12.0.